The van der Waals surface area contributed by atoms with Crippen LogP contribution in [-0.4, -0.2) is 40.3 Å². The highest BCUT2D eigenvalue weighted by atomic mass is 32.2. The minimum absolute atomic E-state index is 0.0627. The molecule has 0 saturated carbocycles. The summed E-state index contributed by atoms with van der Waals surface area (Å²) in [6, 6.07) is 23.6. The lowest BCUT2D eigenvalue weighted by Crippen LogP contribution is -2.41. The third kappa shape index (κ3) is 5.67. The summed E-state index contributed by atoms with van der Waals surface area (Å²) >= 11 is 1.54. The van der Waals surface area contributed by atoms with Crippen LogP contribution < -0.4 is 5.32 Å². The number of nitrogens with zero attached hydrogens (tertiary/aromatic N) is 3. The Bertz CT molecular complexity index is 1380. The highest BCUT2D eigenvalue weighted by molar-refractivity contribution is 8.13. The van der Waals surface area contributed by atoms with Crippen molar-refractivity contribution < 1.29 is 9.59 Å². The SMILES string of the molecule is Cc1ccc(CSC2=Nc3ccccc3C3=N[C@@H](CCC(=O)NCCc4ccccc4)C(=O)N23)c(C)c1. The molecule has 0 unspecified atom stereocenters. The lowest BCUT2D eigenvalue weighted by atomic mass is 10.1. The summed E-state index contributed by atoms with van der Waals surface area (Å²) in [6.07, 6.45) is 1.39. The van der Waals surface area contributed by atoms with Crippen LogP contribution in [0.15, 0.2) is 82.8 Å². The summed E-state index contributed by atoms with van der Waals surface area (Å²) in [5.41, 5.74) is 6.51. The fraction of sp³-hybridized carbons (Fsp3) is 0.267. The van der Waals surface area contributed by atoms with Crippen molar-refractivity contribution in [3.05, 3.63) is 101 Å². The van der Waals surface area contributed by atoms with Gasteiger partial charge in [0.15, 0.2) is 5.17 Å². The van der Waals surface area contributed by atoms with Crippen molar-refractivity contribution in [3.63, 3.8) is 0 Å². The van der Waals surface area contributed by atoms with Gasteiger partial charge >= 0.3 is 0 Å². The van der Waals surface area contributed by atoms with Crippen LogP contribution in [0.5, 0.6) is 0 Å². The second-order valence-electron chi connectivity index (χ2n) is 9.40. The van der Waals surface area contributed by atoms with E-state index in [1.807, 2.05) is 54.6 Å². The summed E-state index contributed by atoms with van der Waals surface area (Å²) in [5.74, 6) is 1.16. The fourth-order valence-corrected chi connectivity index (χ4v) is 5.66. The van der Waals surface area contributed by atoms with Crippen LogP contribution in [0.25, 0.3) is 0 Å². The molecule has 0 bridgehead atoms. The molecule has 0 fully saturated rings. The molecule has 0 aromatic heterocycles. The van der Waals surface area contributed by atoms with Crippen molar-refractivity contribution in [1.82, 2.24) is 10.2 Å². The van der Waals surface area contributed by atoms with Gasteiger partial charge in [-0.1, -0.05) is 78.0 Å². The van der Waals surface area contributed by atoms with Crippen molar-refractivity contribution in [3.8, 4) is 0 Å². The van der Waals surface area contributed by atoms with E-state index < -0.39 is 6.04 Å². The number of rotatable bonds is 8. The van der Waals surface area contributed by atoms with Crippen LogP contribution in [0.4, 0.5) is 5.69 Å². The Balaban J connectivity index is 1.25. The fourth-order valence-electron chi connectivity index (χ4n) is 4.58. The Morgan fingerprint density at radius 3 is 2.62 bits per heavy atom. The molecule has 2 heterocycles. The molecule has 3 aromatic rings. The number of hydrogen-bond donors (Lipinski definition) is 1. The van der Waals surface area contributed by atoms with E-state index in [4.69, 9.17) is 9.98 Å². The Hall–Kier alpha value is -3.71. The van der Waals surface area contributed by atoms with Crippen LogP contribution >= 0.6 is 11.8 Å². The number of amides is 2. The van der Waals surface area contributed by atoms with E-state index in [-0.39, 0.29) is 18.2 Å². The number of aliphatic imine (C=N–C) groups is 2. The summed E-state index contributed by atoms with van der Waals surface area (Å²) < 4.78 is 0. The van der Waals surface area contributed by atoms with Gasteiger partial charge in [0.2, 0.25) is 5.91 Å². The molecule has 2 aliphatic rings. The molecule has 188 valence electrons. The van der Waals surface area contributed by atoms with Gasteiger partial charge in [0.25, 0.3) is 5.91 Å². The quantitative estimate of drug-likeness (QED) is 0.445. The number of nitrogens with one attached hydrogen (secondary N) is 1. The van der Waals surface area contributed by atoms with E-state index in [0.717, 1.165) is 17.7 Å². The normalized spacial score (nSPS) is 16.1. The monoisotopic (exact) mass is 510 g/mol. The van der Waals surface area contributed by atoms with Crippen molar-refractivity contribution in [2.75, 3.05) is 6.54 Å². The topological polar surface area (TPSA) is 74.1 Å². The first-order valence-corrected chi connectivity index (χ1v) is 13.6. The summed E-state index contributed by atoms with van der Waals surface area (Å²) in [7, 11) is 0. The van der Waals surface area contributed by atoms with Crippen LogP contribution in [-0.2, 0) is 21.8 Å². The van der Waals surface area contributed by atoms with Crippen molar-refractivity contribution in [2.24, 2.45) is 9.98 Å². The van der Waals surface area contributed by atoms with E-state index in [2.05, 4.69) is 37.4 Å². The number of carbonyl (C=O) groups is 2. The van der Waals surface area contributed by atoms with Gasteiger partial charge in [-0.15, -0.1) is 0 Å². The number of benzene rings is 3. The molecule has 3 aromatic carbocycles. The molecule has 2 amide bonds. The van der Waals surface area contributed by atoms with Gasteiger partial charge in [0.1, 0.15) is 11.9 Å². The number of hydrogen-bond acceptors (Lipinski definition) is 5. The molecule has 1 atom stereocenters. The first kappa shape index (κ1) is 25.0. The van der Waals surface area contributed by atoms with Gasteiger partial charge in [0.05, 0.1) is 5.69 Å². The number of carbonyl (C=O) groups excluding carboxylic acids is 2. The first-order valence-electron chi connectivity index (χ1n) is 12.6. The highest BCUT2D eigenvalue weighted by Crippen LogP contribution is 2.35. The second kappa shape index (κ2) is 11.1. The van der Waals surface area contributed by atoms with Gasteiger partial charge in [0, 0.05) is 24.3 Å². The van der Waals surface area contributed by atoms with Crippen molar-refractivity contribution in [1.29, 1.82) is 0 Å². The molecule has 0 saturated heterocycles. The largest absolute Gasteiger partial charge is 0.356 e. The van der Waals surface area contributed by atoms with E-state index in [1.54, 1.807) is 16.7 Å². The molecule has 1 N–H and O–H groups in total. The lowest BCUT2D eigenvalue weighted by molar-refractivity contribution is -0.125. The molecule has 0 spiro atoms. The minimum atomic E-state index is -0.590. The average molecular weight is 511 g/mol. The maximum Gasteiger partial charge on any atom is 0.259 e. The third-order valence-corrected chi connectivity index (χ3v) is 7.61. The number of amidine groups is 2. The van der Waals surface area contributed by atoms with Crippen LogP contribution in [0.3, 0.4) is 0 Å². The van der Waals surface area contributed by atoms with Gasteiger partial charge in [-0.25, -0.2) is 9.89 Å². The number of thioether (sulfide) groups is 1. The number of aryl methyl sites for hydroxylation is 2. The van der Waals surface area contributed by atoms with E-state index >= 15 is 0 Å². The maximum atomic E-state index is 13.5. The highest BCUT2D eigenvalue weighted by Gasteiger charge is 2.41. The van der Waals surface area contributed by atoms with Gasteiger partial charge in [-0.05, 0) is 55.5 Å². The molecule has 5 rings (SSSR count). The van der Waals surface area contributed by atoms with Gasteiger partial charge < -0.3 is 5.32 Å². The zero-order chi connectivity index (χ0) is 25.8. The summed E-state index contributed by atoms with van der Waals surface area (Å²) in [6.45, 7) is 4.76. The second-order valence-corrected chi connectivity index (χ2v) is 10.3. The minimum Gasteiger partial charge on any atom is -0.356 e. The molecule has 6 nitrogen and oxygen atoms in total. The zero-order valence-corrected chi connectivity index (χ0v) is 21.9. The average Bonchev–Trinajstić information content (AvgIpc) is 3.24. The smallest absolute Gasteiger partial charge is 0.259 e. The molecule has 2 aliphatic heterocycles. The Kier molecular flexibility index (Phi) is 7.51. The van der Waals surface area contributed by atoms with Crippen LogP contribution in [0.2, 0.25) is 0 Å². The molecule has 0 aliphatic carbocycles. The van der Waals surface area contributed by atoms with Gasteiger partial charge in [-0.3, -0.25) is 14.6 Å². The molecule has 7 heteroatoms. The van der Waals surface area contributed by atoms with Crippen molar-refractivity contribution >= 4 is 40.3 Å². The predicted molar refractivity (Wildman–Crippen MR) is 150 cm³/mol. The maximum absolute atomic E-state index is 13.5. The van der Waals surface area contributed by atoms with Crippen molar-refractivity contribution in [2.45, 2.75) is 44.9 Å². The van der Waals surface area contributed by atoms with Gasteiger partial charge in [-0.2, -0.15) is 0 Å². The van der Waals surface area contributed by atoms with E-state index in [9.17, 15) is 9.59 Å². The summed E-state index contributed by atoms with van der Waals surface area (Å²) in [4.78, 5) is 37.2. The Labute approximate surface area is 221 Å². The van der Waals surface area contributed by atoms with Crippen LogP contribution in [0.1, 0.15) is 40.7 Å². The molecular weight excluding hydrogens is 480 g/mol. The standard InChI is InChI=1S/C30H30N4O2S/c1-20-12-13-23(21(2)18-20)19-37-30-33-25-11-7-6-10-24(25)28-32-26(29(36)34(28)30)14-15-27(35)31-17-16-22-8-4-3-5-9-22/h3-13,18,26H,14-17,19H2,1-2H3,(H,31,35)/t26-/m0/s1. The third-order valence-electron chi connectivity index (χ3n) is 6.63. The Morgan fingerprint density at radius 1 is 1.03 bits per heavy atom. The van der Waals surface area contributed by atoms with Crippen LogP contribution in [0, 0.1) is 13.8 Å². The molecule has 0 radical (unpaired) electrons. The number of para-hydroxylation sites is 1. The Morgan fingerprint density at radius 2 is 1.81 bits per heavy atom. The van der Waals surface area contributed by atoms with E-state index in [0.29, 0.717) is 29.7 Å². The lowest BCUT2D eigenvalue weighted by Gasteiger charge is -2.25. The predicted octanol–water partition coefficient (Wildman–Crippen LogP) is 5.33. The first-order chi connectivity index (χ1) is 18.0. The number of fused-ring (bicyclic) bond motifs is 3. The summed E-state index contributed by atoms with van der Waals surface area (Å²) in [5, 5.41) is 3.60. The molecular formula is C30H30N4O2S. The van der Waals surface area contributed by atoms with E-state index in [1.165, 1.54) is 22.3 Å². The molecule has 37 heavy (non-hydrogen) atoms. The zero-order valence-electron chi connectivity index (χ0n) is 21.1.